The van der Waals surface area contributed by atoms with Gasteiger partial charge in [0.2, 0.25) is 0 Å². The highest BCUT2D eigenvalue weighted by atomic mass is 19.1. The van der Waals surface area contributed by atoms with E-state index in [0.717, 1.165) is 24.3 Å². The largest absolute Gasteiger partial charge is 0.493 e. The van der Waals surface area contributed by atoms with E-state index in [0.29, 0.717) is 43.1 Å². The molecule has 3 unspecified atom stereocenters. The Morgan fingerprint density at radius 1 is 1.18 bits per heavy atom. The van der Waals surface area contributed by atoms with E-state index in [1.54, 1.807) is 6.07 Å². The molecule has 1 N–H and O–H groups in total. The first-order valence-electron chi connectivity index (χ1n) is 12.7. The number of benzene rings is 1. The van der Waals surface area contributed by atoms with Crippen molar-refractivity contribution >= 4 is 12.4 Å². The Labute approximate surface area is 200 Å². The molecule has 5 rings (SSSR count). The maximum absolute atomic E-state index is 15.0. The molecule has 1 amide bonds. The van der Waals surface area contributed by atoms with Crippen LogP contribution in [0, 0.1) is 29.0 Å². The first-order chi connectivity index (χ1) is 16.2. The summed E-state index contributed by atoms with van der Waals surface area (Å²) in [6, 6.07) is 3.13. The Balaban J connectivity index is 0.000000868. The van der Waals surface area contributed by atoms with Gasteiger partial charge in [0.15, 0.2) is 0 Å². The van der Waals surface area contributed by atoms with Crippen LogP contribution in [-0.2, 0) is 4.79 Å². The van der Waals surface area contributed by atoms with Crippen molar-refractivity contribution in [2.75, 3.05) is 19.7 Å². The molecule has 0 aromatic heterocycles. The third kappa shape index (κ3) is 5.55. The van der Waals surface area contributed by atoms with Gasteiger partial charge in [-0.2, -0.15) is 0 Å². The smallest absolute Gasteiger partial charge is 0.290 e. The number of fused-ring (bicyclic) bond motifs is 2. The summed E-state index contributed by atoms with van der Waals surface area (Å²) >= 11 is 0. The molecule has 0 radical (unpaired) electrons. The van der Waals surface area contributed by atoms with Crippen molar-refractivity contribution in [3.8, 4) is 5.75 Å². The van der Waals surface area contributed by atoms with Crippen LogP contribution in [0.4, 0.5) is 8.78 Å². The van der Waals surface area contributed by atoms with Gasteiger partial charge in [-0.1, -0.05) is 13.8 Å². The zero-order chi connectivity index (χ0) is 24.5. The third-order valence-electron chi connectivity index (χ3n) is 8.05. The van der Waals surface area contributed by atoms with E-state index < -0.39 is 17.9 Å². The molecule has 3 atom stereocenters. The van der Waals surface area contributed by atoms with Crippen LogP contribution in [0.1, 0.15) is 87.1 Å². The number of rotatable bonds is 5. The molecular weight excluding hydrogens is 440 g/mol. The van der Waals surface area contributed by atoms with Gasteiger partial charge in [0.25, 0.3) is 12.4 Å². The van der Waals surface area contributed by atoms with Gasteiger partial charge in [0.1, 0.15) is 17.7 Å². The quantitative estimate of drug-likeness (QED) is 0.543. The highest BCUT2D eigenvalue weighted by Crippen LogP contribution is 2.53. The average Bonchev–Trinajstić information content (AvgIpc) is 3.51. The standard InChI is InChI=1S/C26H35F2NO2.CH2O2/c1-16-7-18-8-17(2)12-26(11-16,13-18)15-31-24-10-23(28)22(9-21(24)19-3-4-19)25(30)29-6-5-20(27)14-29;2-1-3/h9-10,16-20H,3-8,11-15H2,1-2H3;1H,(H,2,3). The van der Waals surface area contributed by atoms with Gasteiger partial charge in [-0.05, 0) is 86.7 Å². The average molecular weight is 478 g/mol. The van der Waals surface area contributed by atoms with Crippen molar-refractivity contribution in [2.24, 2.45) is 23.2 Å². The number of carboxylic acid groups (broad SMARTS) is 1. The Bertz CT molecular complexity index is 883. The maximum atomic E-state index is 15.0. The van der Waals surface area contributed by atoms with E-state index >= 15 is 4.39 Å². The molecule has 3 saturated carbocycles. The normalized spacial score (nSPS) is 32.5. The lowest BCUT2D eigenvalue weighted by molar-refractivity contribution is -0.122. The number of alkyl halides is 1. The molecule has 7 heteroatoms. The van der Waals surface area contributed by atoms with Crippen molar-refractivity contribution in [3.05, 3.63) is 29.1 Å². The molecule has 1 aromatic rings. The van der Waals surface area contributed by atoms with Crippen LogP contribution in [0.3, 0.4) is 0 Å². The monoisotopic (exact) mass is 477 g/mol. The topological polar surface area (TPSA) is 66.8 Å². The van der Waals surface area contributed by atoms with Crippen LogP contribution < -0.4 is 4.74 Å². The van der Waals surface area contributed by atoms with E-state index in [1.165, 1.54) is 43.1 Å². The van der Waals surface area contributed by atoms with Gasteiger partial charge in [-0.3, -0.25) is 9.59 Å². The Hall–Kier alpha value is -2.18. The van der Waals surface area contributed by atoms with Gasteiger partial charge < -0.3 is 14.7 Å². The number of hydrogen-bond donors (Lipinski definition) is 1. The molecule has 1 saturated heterocycles. The fourth-order valence-electron chi connectivity index (χ4n) is 6.96. The Morgan fingerprint density at radius 2 is 1.82 bits per heavy atom. The summed E-state index contributed by atoms with van der Waals surface area (Å²) in [7, 11) is 0. The number of carbonyl (C=O) groups excluding carboxylic acids is 1. The van der Waals surface area contributed by atoms with E-state index in [-0.39, 0.29) is 24.0 Å². The summed E-state index contributed by atoms with van der Waals surface area (Å²) < 4.78 is 35.0. The summed E-state index contributed by atoms with van der Waals surface area (Å²) in [5.41, 5.74) is 1.22. The number of ether oxygens (including phenoxy) is 1. The molecular formula is C27H37F2NO4. The van der Waals surface area contributed by atoms with Gasteiger partial charge in [0.05, 0.1) is 18.7 Å². The number of hydrogen-bond acceptors (Lipinski definition) is 3. The number of likely N-dealkylation sites (tertiary alicyclic amines) is 1. The van der Waals surface area contributed by atoms with Gasteiger partial charge in [-0.15, -0.1) is 0 Å². The van der Waals surface area contributed by atoms with E-state index in [9.17, 15) is 9.18 Å². The molecule has 5 nitrogen and oxygen atoms in total. The Morgan fingerprint density at radius 3 is 2.38 bits per heavy atom. The second kappa shape index (κ2) is 10.2. The van der Waals surface area contributed by atoms with E-state index in [4.69, 9.17) is 14.6 Å². The highest BCUT2D eigenvalue weighted by molar-refractivity contribution is 5.95. The maximum Gasteiger partial charge on any atom is 0.290 e. The first kappa shape index (κ1) is 24.9. The second-order valence-corrected chi connectivity index (χ2v) is 11.3. The predicted molar refractivity (Wildman–Crippen MR) is 125 cm³/mol. The summed E-state index contributed by atoms with van der Waals surface area (Å²) in [5, 5.41) is 6.89. The fraction of sp³-hybridized carbons (Fsp3) is 0.704. The Kier molecular flexibility index (Phi) is 7.48. The number of nitrogens with zero attached hydrogens (tertiary/aromatic N) is 1. The van der Waals surface area contributed by atoms with Gasteiger partial charge in [0, 0.05) is 18.0 Å². The lowest BCUT2D eigenvalue weighted by atomic mass is 9.57. The SMILES string of the molecule is CC1CC2CC(C)CC(COc3cc(F)c(C(=O)N4CCC(F)C4)cc3C3CC3)(C1)C2.O=CO. The second-order valence-electron chi connectivity index (χ2n) is 11.3. The minimum Gasteiger partial charge on any atom is -0.493 e. The fourth-order valence-corrected chi connectivity index (χ4v) is 6.96. The lowest BCUT2D eigenvalue weighted by Gasteiger charge is -2.49. The van der Waals surface area contributed by atoms with Crippen molar-refractivity contribution in [2.45, 2.75) is 77.3 Å². The first-order valence-corrected chi connectivity index (χ1v) is 12.7. The third-order valence-corrected chi connectivity index (χ3v) is 8.05. The molecule has 4 fully saturated rings. The van der Waals surface area contributed by atoms with Crippen LogP contribution in [0.2, 0.25) is 0 Å². The van der Waals surface area contributed by atoms with Crippen molar-refractivity contribution in [1.29, 1.82) is 0 Å². The molecule has 4 aliphatic rings. The summed E-state index contributed by atoms with van der Waals surface area (Å²) in [4.78, 5) is 22.6. The minimum absolute atomic E-state index is 0.0648. The van der Waals surface area contributed by atoms with E-state index in [2.05, 4.69) is 13.8 Å². The van der Waals surface area contributed by atoms with Crippen molar-refractivity contribution in [3.63, 3.8) is 0 Å². The summed E-state index contributed by atoms with van der Waals surface area (Å²) in [5.74, 6) is 2.24. The molecule has 1 aliphatic heterocycles. The lowest BCUT2D eigenvalue weighted by Crippen LogP contribution is -2.43. The highest BCUT2D eigenvalue weighted by Gasteiger charge is 2.45. The molecule has 1 aromatic carbocycles. The molecule has 1 heterocycles. The van der Waals surface area contributed by atoms with Crippen LogP contribution in [0.15, 0.2) is 12.1 Å². The predicted octanol–water partition coefficient (Wildman–Crippen LogP) is 5.82. The van der Waals surface area contributed by atoms with Crippen LogP contribution in [-0.4, -0.2) is 48.3 Å². The summed E-state index contributed by atoms with van der Waals surface area (Å²) in [6.07, 6.45) is 7.66. The van der Waals surface area contributed by atoms with Crippen LogP contribution in [0.5, 0.6) is 5.75 Å². The van der Waals surface area contributed by atoms with E-state index in [1.807, 2.05) is 0 Å². The number of carbonyl (C=O) groups is 2. The zero-order valence-electron chi connectivity index (χ0n) is 20.3. The van der Waals surface area contributed by atoms with Crippen molar-refractivity contribution < 1.29 is 28.2 Å². The van der Waals surface area contributed by atoms with Crippen molar-refractivity contribution in [1.82, 2.24) is 4.90 Å². The van der Waals surface area contributed by atoms with Gasteiger partial charge >= 0.3 is 0 Å². The molecule has 3 aliphatic carbocycles. The molecule has 188 valence electrons. The van der Waals surface area contributed by atoms with Crippen LogP contribution in [0.25, 0.3) is 0 Å². The van der Waals surface area contributed by atoms with Gasteiger partial charge in [-0.25, -0.2) is 8.78 Å². The minimum atomic E-state index is -1.00. The molecule has 34 heavy (non-hydrogen) atoms. The van der Waals surface area contributed by atoms with Crippen LogP contribution >= 0.6 is 0 Å². The zero-order valence-corrected chi connectivity index (χ0v) is 20.3. The number of halogens is 2. The summed E-state index contributed by atoms with van der Waals surface area (Å²) in [6.45, 7) is 5.52. The number of amides is 1. The molecule has 2 bridgehead atoms. The molecule has 0 spiro atoms.